The van der Waals surface area contributed by atoms with Crippen LogP contribution in [0, 0.1) is 10.1 Å². The fraction of sp³-hybridized carbons (Fsp3) is 0.250. The smallest absolute Gasteiger partial charge is 0.344 e. The van der Waals surface area contributed by atoms with E-state index in [1.165, 1.54) is 19.1 Å². The summed E-state index contributed by atoms with van der Waals surface area (Å²) in [6.07, 6.45) is -0.769. The van der Waals surface area contributed by atoms with E-state index in [0.29, 0.717) is 17.7 Å². The first-order chi connectivity index (χ1) is 14.2. The molecule has 0 spiro atoms. The third-order valence-corrected chi connectivity index (χ3v) is 4.27. The van der Waals surface area contributed by atoms with E-state index in [9.17, 15) is 24.5 Å². The Morgan fingerprint density at radius 3 is 2.40 bits per heavy atom. The molecule has 0 fully saturated rings. The van der Waals surface area contributed by atoms with E-state index in [1.54, 1.807) is 31.2 Å². The van der Waals surface area contributed by atoms with Crippen molar-refractivity contribution in [3.8, 4) is 5.75 Å². The van der Waals surface area contributed by atoms with Crippen molar-refractivity contribution in [2.24, 2.45) is 0 Å². The van der Waals surface area contributed by atoms with Gasteiger partial charge in [0.1, 0.15) is 5.75 Å². The number of carbonyl (C=O) groups excluding carboxylic acids is 3. The summed E-state index contributed by atoms with van der Waals surface area (Å²) in [5.74, 6) is -1.08. The molecule has 1 N–H and O–H groups in total. The van der Waals surface area contributed by atoms with E-state index in [4.69, 9.17) is 21.1 Å². The molecule has 0 aliphatic carbocycles. The van der Waals surface area contributed by atoms with Gasteiger partial charge in [-0.15, -0.1) is 0 Å². The number of carbonyl (C=O) groups is 3. The molecule has 1 unspecified atom stereocenters. The zero-order valence-corrected chi connectivity index (χ0v) is 17.0. The molecule has 0 saturated carbocycles. The van der Waals surface area contributed by atoms with E-state index < -0.39 is 29.5 Å². The molecule has 0 bridgehead atoms. The second kappa shape index (κ2) is 10.4. The van der Waals surface area contributed by atoms with Crippen LogP contribution >= 0.6 is 11.6 Å². The molecule has 2 aromatic rings. The Labute approximate surface area is 177 Å². The first-order valence-electron chi connectivity index (χ1n) is 8.91. The number of anilines is 1. The van der Waals surface area contributed by atoms with Crippen LogP contribution in [0.2, 0.25) is 5.02 Å². The maximum Gasteiger partial charge on any atom is 0.344 e. The van der Waals surface area contributed by atoms with Crippen LogP contribution in [-0.4, -0.2) is 35.3 Å². The van der Waals surface area contributed by atoms with Crippen molar-refractivity contribution >= 4 is 40.6 Å². The van der Waals surface area contributed by atoms with Gasteiger partial charge in [-0.1, -0.05) is 18.5 Å². The Balaban J connectivity index is 1.85. The SMILES string of the molecule is CCC(=O)c1ccc(OCC(=O)OC(C)C(=O)Nc2ccc([N+](=O)[O-])cc2Cl)cc1. The number of ketones is 1. The summed E-state index contributed by atoms with van der Waals surface area (Å²) in [5.41, 5.74) is 0.470. The van der Waals surface area contributed by atoms with E-state index in [-0.39, 0.29) is 22.2 Å². The number of esters is 1. The largest absolute Gasteiger partial charge is 0.482 e. The molecular weight excluding hydrogens is 416 g/mol. The van der Waals surface area contributed by atoms with Gasteiger partial charge in [-0.05, 0) is 37.3 Å². The van der Waals surface area contributed by atoms with Crippen molar-refractivity contribution in [1.29, 1.82) is 0 Å². The molecular formula is C20H19ClN2O7. The number of nitro groups is 1. The van der Waals surface area contributed by atoms with Crippen LogP contribution in [0.3, 0.4) is 0 Å². The summed E-state index contributed by atoms with van der Waals surface area (Å²) in [5, 5.41) is 13.1. The number of amides is 1. The zero-order valence-electron chi connectivity index (χ0n) is 16.2. The van der Waals surface area contributed by atoms with Crippen LogP contribution in [0.15, 0.2) is 42.5 Å². The highest BCUT2D eigenvalue weighted by Crippen LogP contribution is 2.26. The molecule has 0 heterocycles. The number of nitrogens with zero attached hydrogens (tertiary/aromatic N) is 1. The number of nitro benzene ring substituents is 1. The van der Waals surface area contributed by atoms with Gasteiger partial charge in [-0.2, -0.15) is 0 Å². The lowest BCUT2D eigenvalue weighted by Crippen LogP contribution is -2.31. The van der Waals surface area contributed by atoms with Gasteiger partial charge < -0.3 is 14.8 Å². The molecule has 0 aliphatic heterocycles. The Kier molecular flexibility index (Phi) is 7.88. The average molecular weight is 435 g/mol. The Morgan fingerprint density at radius 2 is 1.83 bits per heavy atom. The standard InChI is InChI=1S/C20H19ClN2O7/c1-3-18(24)13-4-7-15(8-5-13)29-11-19(25)30-12(2)20(26)22-17-9-6-14(23(27)28)10-16(17)21/h4-10,12H,3,11H2,1-2H3,(H,22,26). The molecule has 1 amide bonds. The fourth-order valence-corrected chi connectivity index (χ4v) is 2.54. The number of hydrogen-bond acceptors (Lipinski definition) is 7. The maximum atomic E-state index is 12.2. The number of halogens is 1. The molecule has 0 aliphatic rings. The highest BCUT2D eigenvalue weighted by molar-refractivity contribution is 6.34. The Hall–Kier alpha value is -3.46. The van der Waals surface area contributed by atoms with Gasteiger partial charge in [0.2, 0.25) is 0 Å². The summed E-state index contributed by atoms with van der Waals surface area (Å²) < 4.78 is 10.3. The van der Waals surface area contributed by atoms with Crippen LogP contribution < -0.4 is 10.1 Å². The minimum atomic E-state index is -1.16. The van der Waals surface area contributed by atoms with Crippen molar-refractivity contribution in [1.82, 2.24) is 0 Å². The summed E-state index contributed by atoms with van der Waals surface area (Å²) in [4.78, 5) is 45.8. The van der Waals surface area contributed by atoms with Gasteiger partial charge in [0.25, 0.3) is 11.6 Å². The van der Waals surface area contributed by atoms with Gasteiger partial charge in [-0.3, -0.25) is 19.7 Å². The van der Waals surface area contributed by atoms with Crippen LogP contribution in [0.5, 0.6) is 5.75 Å². The normalized spacial score (nSPS) is 11.3. The lowest BCUT2D eigenvalue weighted by Gasteiger charge is -2.14. The topological polar surface area (TPSA) is 125 Å². The monoisotopic (exact) mass is 434 g/mol. The van der Waals surface area contributed by atoms with Crippen LogP contribution in [-0.2, 0) is 14.3 Å². The van der Waals surface area contributed by atoms with Crippen LogP contribution in [0.4, 0.5) is 11.4 Å². The lowest BCUT2D eigenvalue weighted by atomic mass is 10.1. The molecule has 158 valence electrons. The van der Waals surface area contributed by atoms with Crippen molar-refractivity contribution in [3.63, 3.8) is 0 Å². The number of Topliss-reactive ketones (excluding diaryl/α,β-unsaturated/α-hetero) is 1. The fourth-order valence-electron chi connectivity index (χ4n) is 2.32. The third kappa shape index (κ3) is 6.28. The van der Waals surface area contributed by atoms with Crippen molar-refractivity contribution in [2.75, 3.05) is 11.9 Å². The third-order valence-electron chi connectivity index (χ3n) is 3.95. The van der Waals surface area contributed by atoms with Gasteiger partial charge in [0.15, 0.2) is 18.5 Å². The number of hydrogen-bond donors (Lipinski definition) is 1. The van der Waals surface area contributed by atoms with E-state index in [2.05, 4.69) is 5.32 Å². The molecule has 1 atom stereocenters. The zero-order chi connectivity index (χ0) is 22.3. The van der Waals surface area contributed by atoms with Crippen molar-refractivity contribution in [2.45, 2.75) is 26.4 Å². The summed E-state index contributed by atoms with van der Waals surface area (Å²) in [6, 6.07) is 9.87. The van der Waals surface area contributed by atoms with Crippen LogP contribution in [0.25, 0.3) is 0 Å². The van der Waals surface area contributed by atoms with E-state index >= 15 is 0 Å². The van der Waals surface area contributed by atoms with Gasteiger partial charge in [0, 0.05) is 24.1 Å². The van der Waals surface area contributed by atoms with Crippen molar-refractivity contribution in [3.05, 3.63) is 63.2 Å². The molecule has 2 aromatic carbocycles. The first kappa shape index (κ1) is 22.8. The van der Waals surface area contributed by atoms with E-state index in [1.807, 2.05) is 0 Å². The molecule has 9 nitrogen and oxygen atoms in total. The molecule has 0 aromatic heterocycles. The number of ether oxygens (including phenoxy) is 2. The number of benzene rings is 2. The minimum absolute atomic E-state index is 0.00563. The number of rotatable bonds is 9. The number of nitrogens with one attached hydrogen (secondary N) is 1. The molecule has 2 rings (SSSR count). The molecule has 0 radical (unpaired) electrons. The summed E-state index contributed by atoms with van der Waals surface area (Å²) >= 11 is 5.92. The second-order valence-corrected chi connectivity index (χ2v) is 6.54. The predicted octanol–water partition coefficient (Wildman–Crippen LogP) is 3.79. The first-order valence-corrected chi connectivity index (χ1v) is 9.29. The maximum absolute atomic E-state index is 12.2. The lowest BCUT2D eigenvalue weighted by molar-refractivity contribution is -0.384. The van der Waals surface area contributed by atoms with Crippen molar-refractivity contribution < 1.29 is 28.8 Å². The highest BCUT2D eigenvalue weighted by Gasteiger charge is 2.20. The average Bonchev–Trinajstić information content (AvgIpc) is 2.73. The highest BCUT2D eigenvalue weighted by atomic mass is 35.5. The minimum Gasteiger partial charge on any atom is -0.482 e. The second-order valence-electron chi connectivity index (χ2n) is 6.13. The van der Waals surface area contributed by atoms with Crippen LogP contribution in [0.1, 0.15) is 30.6 Å². The predicted molar refractivity (Wildman–Crippen MR) is 109 cm³/mol. The molecule has 0 saturated heterocycles. The molecule has 30 heavy (non-hydrogen) atoms. The molecule has 10 heteroatoms. The van der Waals surface area contributed by atoms with Gasteiger partial charge in [0.05, 0.1) is 15.6 Å². The summed E-state index contributed by atoms with van der Waals surface area (Å²) in [6.45, 7) is 2.68. The number of non-ortho nitro benzene ring substituents is 1. The Morgan fingerprint density at radius 1 is 1.17 bits per heavy atom. The Bertz CT molecular complexity index is 960. The quantitative estimate of drug-likeness (QED) is 0.275. The summed E-state index contributed by atoms with van der Waals surface area (Å²) in [7, 11) is 0. The van der Waals surface area contributed by atoms with Gasteiger partial charge >= 0.3 is 5.97 Å². The van der Waals surface area contributed by atoms with Gasteiger partial charge in [-0.25, -0.2) is 4.79 Å². The van der Waals surface area contributed by atoms with E-state index in [0.717, 1.165) is 6.07 Å².